The third-order valence-corrected chi connectivity index (χ3v) is 3.49. The molecule has 0 radical (unpaired) electrons. The van der Waals surface area contributed by atoms with Crippen LogP contribution in [0.1, 0.15) is 0 Å². The molecule has 80 valence electrons. The molecule has 2 rings (SSSR count). The van der Waals surface area contributed by atoms with E-state index in [2.05, 4.69) is 21.2 Å². The van der Waals surface area contributed by atoms with Gasteiger partial charge in [0, 0.05) is 10.5 Å². The van der Waals surface area contributed by atoms with Crippen molar-refractivity contribution in [1.82, 2.24) is 0 Å². The SMILES string of the molecule is O=C1COc2cc(S(=O)O)c(Br)cc2N1. The van der Waals surface area contributed by atoms with Crippen LogP contribution in [-0.4, -0.2) is 21.3 Å². The molecule has 1 heterocycles. The Labute approximate surface area is 96.2 Å². The average molecular weight is 292 g/mol. The number of halogens is 1. The Morgan fingerprint density at radius 1 is 1.53 bits per heavy atom. The Hall–Kier alpha value is -0.920. The maximum atomic E-state index is 11.0. The summed E-state index contributed by atoms with van der Waals surface area (Å²) in [6.45, 7) is -0.0772. The Morgan fingerprint density at radius 3 is 2.93 bits per heavy atom. The second-order valence-corrected chi connectivity index (χ2v) is 4.66. The Morgan fingerprint density at radius 2 is 2.27 bits per heavy atom. The average Bonchev–Trinajstić information content (AvgIpc) is 2.15. The fraction of sp³-hybridized carbons (Fsp3) is 0.125. The maximum Gasteiger partial charge on any atom is 0.262 e. The number of hydrogen-bond donors (Lipinski definition) is 2. The molecule has 0 aliphatic carbocycles. The molecule has 0 bridgehead atoms. The van der Waals surface area contributed by atoms with Crippen LogP contribution in [0.3, 0.4) is 0 Å². The lowest BCUT2D eigenvalue weighted by Gasteiger charge is -2.18. The van der Waals surface area contributed by atoms with E-state index in [4.69, 9.17) is 9.29 Å². The van der Waals surface area contributed by atoms with Gasteiger partial charge in [-0.2, -0.15) is 0 Å². The molecular formula is C8H6BrNO4S. The summed E-state index contributed by atoms with van der Waals surface area (Å²) in [5.74, 6) is 0.155. The molecule has 1 aromatic rings. The highest BCUT2D eigenvalue weighted by Crippen LogP contribution is 2.34. The van der Waals surface area contributed by atoms with Crippen molar-refractivity contribution in [3.8, 4) is 5.75 Å². The van der Waals surface area contributed by atoms with E-state index in [9.17, 15) is 9.00 Å². The van der Waals surface area contributed by atoms with Crippen molar-refractivity contribution in [2.24, 2.45) is 0 Å². The minimum absolute atomic E-state index is 0.0772. The van der Waals surface area contributed by atoms with E-state index in [-0.39, 0.29) is 17.4 Å². The highest BCUT2D eigenvalue weighted by molar-refractivity contribution is 9.10. The van der Waals surface area contributed by atoms with Crippen LogP contribution in [0.5, 0.6) is 5.75 Å². The molecule has 1 aromatic carbocycles. The molecule has 0 aromatic heterocycles. The molecule has 1 aliphatic heterocycles. The van der Waals surface area contributed by atoms with Gasteiger partial charge in [0.25, 0.3) is 5.91 Å². The number of ether oxygens (including phenoxy) is 1. The van der Waals surface area contributed by atoms with E-state index in [1.165, 1.54) is 12.1 Å². The Kier molecular flexibility index (Phi) is 2.76. The van der Waals surface area contributed by atoms with Crippen molar-refractivity contribution in [2.75, 3.05) is 11.9 Å². The van der Waals surface area contributed by atoms with Gasteiger partial charge < -0.3 is 14.6 Å². The molecular weight excluding hydrogens is 286 g/mol. The fourth-order valence-electron chi connectivity index (χ4n) is 1.22. The third-order valence-electron chi connectivity index (χ3n) is 1.86. The van der Waals surface area contributed by atoms with E-state index in [0.29, 0.717) is 15.9 Å². The van der Waals surface area contributed by atoms with Crippen LogP contribution in [0.25, 0.3) is 0 Å². The maximum absolute atomic E-state index is 11.0. The topological polar surface area (TPSA) is 75.6 Å². The number of benzene rings is 1. The summed E-state index contributed by atoms with van der Waals surface area (Å²) < 4.78 is 25.4. The number of nitrogens with one attached hydrogen (secondary N) is 1. The summed E-state index contributed by atoms with van der Waals surface area (Å²) in [5, 5.41) is 2.59. The molecule has 0 spiro atoms. The first kappa shape index (κ1) is 10.6. The molecule has 5 nitrogen and oxygen atoms in total. The van der Waals surface area contributed by atoms with Crippen molar-refractivity contribution >= 4 is 38.6 Å². The summed E-state index contributed by atoms with van der Waals surface area (Å²) in [7, 11) is 0. The first-order valence-electron chi connectivity index (χ1n) is 3.95. The largest absolute Gasteiger partial charge is 0.482 e. The highest BCUT2D eigenvalue weighted by Gasteiger charge is 2.19. The van der Waals surface area contributed by atoms with Gasteiger partial charge in [0.2, 0.25) is 0 Å². The minimum atomic E-state index is -2.09. The van der Waals surface area contributed by atoms with Crippen molar-refractivity contribution in [3.05, 3.63) is 16.6 Å². The zero-order valence-corrected chi connectivity index (χ0v) is 9.72. The smallest absolute Gasteiger partial charge is 0.262 e. The van der Waals surface area contributed by atoms with Gasteiger partial charge >= 0.3 is 0 Å². The number of rotatable bonds is 1. The van der Waals surface area contributed by atoms with Crippen molar-refractivity contribution < 1.29 is 18.3 Å². The van der Waals surface area contributed by atoms with Crippen molar-refractivity contribution in [3.63, 3.8) is 0 Å². The zero-order chi connectivity index (χ0) is 11.0. The van der Waals surface area contributed by atoms with Gasteiger partial charge in [0.15, 0.2) is 17.7 Å². The van der Waals surface area contributed by atoms with Crippen LogP contribution in [0.15, 0.2) is 21.5 Å². The summed E-state index contributed by atoms with van der Waals surface area (Å²) in [6, 6.07) is 2.96. The molecule has 0 fully saturated rings. The normalized spacial score (nSPS) is 16.3. The van der Waals surface area contributed by atoms with E-state index >= 15 is 0 Å². The molecule has 1 atom stereocenters. The van der Waals surface area contributed by atoms with E-state index in [0.717, 1.165) is 0 Å². The summed E-state index contributed by atoms with van der Waals surface area (Å²) in [6.07, 6.45) is 0. The number of carbonyl (C=O) groups excluding carboxylic acids is 1. The number of anilines is 1. The summed E-state index contributed by atoms with van der Waals surface area (Å²) >= 11 is 1.05. The minimum Gasteiger partial charge on any atom is -0.482 e. The summed E-state index contributed by atoms with van der Waals surface area (Å²) in [4.78, 5) is 11.2. The van der Waals surface area contributed by atoms with Gasteiger partial charge in [0.05, 0.1) is 10.6 Å². The van der Waals surface area contributed by atoms with E-state index in [1.54, 1.807) is 0 Å². The fourth-order valence-corrected chi connectivity index (χ4v) is 2.41. The van der Waals surface area contributed by atoms with E-state index < -0.39 is 11.1 Å². The standard InChI is InChI=1S/C8H6BrNO4S/c9-4-1-5-6(2-7(4)15(12)13)14-3-8(11)10-5/h1-2H,3H2,(H,10,11)(H,12,13). The molecule has 1 unspecified atom stereocenters. The van der Waals surface area contributed by atoms with Gasteiger partial charge in [0.1, 0.15) is 5.75 Å². The summed E-state index contributed by atoms with van der Waals surface area (Å²) in [5.41, 5.74) is 0.493. The van der Waals surface area contributed by atoms with E-state index in [1.807, 2.05) is 0 Å². The van der Waals surface area contributed by atoms with Crippen LogP contribution in [0.4, 0.5) is 5.69 Å². The quantitative estimate of drug-likeness (QED) is 0.766. The lowest BCUT2D eigenvalue weighted by Crippen LogP contribution is -2.25. The van der Waals surface area contributed by atoms with Gasteiger partial charge in [-0.25, -0.2) is 4.21 Å². The number of carbonyl (C=O) groups is 1. The Balaban J connectivity index is 2.50. The number of hydrogen-bond acceptors (Lipinski definition) is 3. The monoisotopic (exact) mass is 291 g/mol. The Bertz CT molecular complexity index is 462. The number of fused-ring (bicyclic) bond motifs is 1. The molecule has 0 saturated carbocycles. The number of amides is 1. The lowest BCUT2D eigenvalue weighted by molar-refractivity contribution is -0.118. The van der Waals surface area contributed by atoms with Gasteiger partial charge in [-0.15, -0.1) is 0 Å². The zero-order valence-electron chi connectivity index (χ0n) is 7.32. The second-order valence-electron chi connectivity index (χ2n) is 2.86. The van der Waals surface area contributed by atoms with Gasteiger partial charge in [-0.3, -0.25) is 4.79 Å². The highest BCUT2D eigenvalue weighted by atomic mass is 79.9. The van der Waals surface area contributed by atoms with Crippen LogP contribution in [-0.2, 0) is 15.9 Å². The van der Waals surface area contributed by atoms with Crippen molar-refractivity contribution in [2.45, 2.75) is 4.90 Å². The van der Waals surface area contributed by atoms with Gasteiger partial charge in [-0.05, 0) is 22.0 Å². The molecule has 2 N–H and O–H groups in total. The molecule has 1 aliphatic rings. The van der Waals surface area contributed by atoms with Crippen molar-refractivity contribution in [1.29, 1.82) is 0 Å². The van der Waals surface area contributed by atoms with Crippen LogP contribution < -0.4 is 10.1 Å². The molecule has 15 heavy (non-hydrogen) atoms. The first-order chi connectivity index (χ1) is 7.08. The molecule has 1 amide bonds. The van der Waals surface area contributed by atoms with Gasteiger partial charge in [-0.1, -0.05) is 0 Å². The molecule has 0 saturated heterocycles. The second kappa shape index (κ2) is 3.92. The predicted octanol–water partition coefficient (Wildman–Crippen LogP) is 1.36. The third kappa shape index (κ3) is 2.04. The first-order valence-corrected chi connectivity index (χ1v) is 5.85. The predicted molar refractivity (Wildman–Crippen MR) is 57.3 cm³/mol. The lowest BCUT2D eigenvalue weighted by atomic mass is 10.2. The van der Waals surface area contributed by atoms with Crippen LogP contribution in [0.2, 0.25) is 0 Å². The van der Waals surface area contributed by atoms with Crippen LogP contribution >= 0.6 is 15.9 Å². The molecule has 7 heteroatoms. The van der Waals surface area contributed by atoms with Crippen LogP contribution in [0, 0.1) is 0 Å².